The maximum Gasteiger partial charge on any atom is 0.490 e. The third-order valence-electron chi connectivity index (χ3n) is 5.57. The van der Waals surface area contributed by atoms with Crippen LogP contribution >= 0.6 is 0 Å². The quantitative estimate of drug-likeness (QED) is 0.628. The van der Waals surface area contributed by atoms with Crippen molar-refractivity contribution in [1.82, 2.24) is 14.9 Å². The van der Waals surface area contributed by atoms with E-state index in [1.54, 1.807) is 18.5 Å². The number of hydrogen-bond donors (Lipinski definition) is 1. The summed E-state index contributed by atoms with van der Waals surface area (Å²) in [6, 6.07) is 1.77. The fourth-order valence-electron chi connectivity index (χ4n) is 4.09. The van der Waals surface area contributed by atoms with Crippen LogP contribution in [0.1, 0.15) is 19.8 Å². The molecule has 3 rings (SSSR count). The number of aliphatic carboxylic acids is 1. The molecule has 0 spiro atoms. The van der Waals surface area contributed by atoms with E-state index >= 15 is 0 Å². The molecule has 3 heterocycles. The number of carbonyl (C=O) groups excluding carboxylic acids is 2. The van der Waals surface area contributed by atoms with E-state index in [1.165, 1.54) is 7.11 Å². The first kappa shape index (κ1) is 26.3. The molecule has 0 aliphatic carbocycles. The Morgan fingerprint density at radius 2 is 1.88 bits per heavy atom. The molecule has 0 aromatic carbocycles. The number of esters is 1. The molecule has 0 saturated carbocycles. The summed E-state index contributed by atoms with van der Waals surface area (Å²) in [6.45, 7) is 4.53. The number of alkyl halides is 3. The lowest BCUT2D eigenvalue weighted by Gasteiger charge is -2.31. The maximum atomic E-state index is 12.9. The van der Waals surface area contributed by atoms with Gasteiger partial charge in [0.15, 0.2) is 0 Å². The van der Waals surface area contributed by atoms with Gasteiger partial charge in [-0.05, 0) is 25.8 Å². The monoisotopic (exact) mass is 476 g/mol. The Morgan fingerprint density at radius 3 is 2.42 bits per heavy atom. The van der Waals surface area contributed by atoms with Crippen molar-refractivity contribution in [2.75, 3.05) is 51.4 Å². The minimum Gasteiger partial charge on any atom is -0.475 e. The van der Waals surface area contributed by atoms with Crippen molar-refractivity contribution < 1.29 is 42.1 Å². The van der Waals surface area contributed by atoms with Crippen LogP contribution in [-0.4, -0.2) is 90.5 Å². The number of fused-ring (bicyclic) bond motifs is 1. The Bertz CT molecular complexity index is 826. The average Bonchev–Trinajstić information content (AvgIpc) is 3.03. The van der Waals surface area contributed by atoms with Crippen LogP contribution in [0.15, 0.2) is 18.5 Å². The number of ether oxygens (including phenoxy) is 2. The largest absolute Gasteiger partial charge is 0.490 e. The van der Waals surface area contributed by atoms with Gasteiger partial charge in [0.1, 0.15) is 6.61 Å². The average molecular weight is 476 g/mol. The Hall–Kier alpha value is -2.96. The number of aromatic nitrogens is 2. The number of methoxy groups -OCH3 is 1. The summed E-state index contributed by atoms with van der Waals surface area (Å²) in [5.41, 5.74) is -0.628. The lowest BCUT2D eigenvalue weighted by Crippen LogP contribution is -2.44. The van der Waals surface area contributed by atoms with Crippen LogP contribution < -0.4 is 4.90 Å². The summed E-state index contributed by atoms with van der Waals surface area (Å²) < 4.78 is 42.2. The SMILES string of the molecule is CCOC(=O)[C@]12CCCN(C(=O)COC)C[C@H]1CN(c1ncccn1)C2.O=C(O)C(F)(F)F. The van der Waals surface area contributed by atoms with Crippen molar-refractivity contribution in [3.05, 3.63) is 18.5 Å². The highest BCUT2D eigenvalue weighted by Gasteiger charge is 2.55. The van der Waals surface area contributed by atoms with Gasteiger partial charge in [-0.3, -0.25) is 9.59 Å². The zero-order valence-corrected chi connectivity index (χ0v) is 18.4. The van der Waals surface area contributed by atoms with Crippen LogP contribution in [0.2, 0.25) is 0 Å². The number of rotatable bonds is 5. The number of carboxylic acid groups (broad SMARTS) is 1. The number of amides is 1. The third-order valence-corrected chi connectivity index (χ3v) is 5.57. The summed E-state index contributed by atoms with van der Waals surface area (Å²) in [4.78, 5) is 46.6. The van der Waals surface area contributed by atoms with Crippen molar-refractivity contribution >= 4 is 23.8 Å². The molecule has 2 aliphatic rings. The van der Waals surface area contributed by atoms with Crippen LogP contribution in [0, 0.1) is 11.3 Å². The topological polar surface area (TPSA) is 122 Å². The van der Waals surface area contributed by atoms with Crippen molar-refractivity contribution in [3.63, 3.8) is 0 Å². The normalized spacial score (nSPS) is 22.5. The van der Waals surface area contributed by atoms with Gasteiger partial charge in [-0.2, -0.15) is 13.2 Å². The molecule has 1 amide bonds. The van der Waals surface area contributed by atoms with Gasteiger partial charge in [0, 0.05) is 51.6 Å². The molecule has 184 valence electrons. The van der Waals surface area contributed by atoms with Crippen molar-refractivity contribution in [1.29, 1.82) is 0 Å². The molecule has 2 atom stereocenters. The molecule has 1 N–H and O–H groups in total. The fourth-order valence-corrected chi connectivity index (χ4v) is 4.09. The summed E-state index contributed by atoms with van der Waals surface area (Å²) >= 11 is 0. The minimum atomic E-state index is -5.08. The Balaban J connectivity index is 0.000000479. The van der Waals surface area contributed by atoms with E-state index in [9.17, 15) is 22.8 Å². The van der Waals surface area contributed by atoms with E-state index < -0.39 is 17.6 Å². The van der Waals surface area contributed by atoms with Crippen LogP contribution in [0.5, 0.6) is 0 Å². The van der Waals surface area contributed by atoms with Crippen molar-refractivity contribution in [3.8, 4) is 0 Å². The molecular weight excluding hydrogens is 449 g/mol. The number of halogens is 3. The van der Waals surface area contributed by atoms with Gasteiger partial charge in [0.05, 0.1) is 12.0 Å². The summed E-state index contributed by atoms with van der Waals surface area (Å²) in [7, 11) is 1.52. The molecule has 0 radical (unpaired) electrons. The highest BCUT2D eigenvalue weighted by atomic mass is 19.4. The molecule has 2 aliphatic heterocycles. The van der Waals surface area contributed by atoms with Gasteiger partial charge < -0.3 is 24.4 Å². The molecule has 33 heavy (non-hydrogen) atoms. The molecule has 0 bridgehead atoms. The highest BCUT2D eigenvalue weighted by Crippen LogP contribution is 2.44. The third kappa shape index (κ3) is 6.53. The van der Waals surface area contributed by atoms with Crippen molar-refractivity contribution in [2.45, 2.75) is 25.9 Å². The van der Waals surface area contributed by atoms with Gasteiger partial charge in [-0.15, -0.1) is 0 Å². The van der Waals surface area contributed by atoms with E-state index in [4.69, 9.17) is 19.4 Å². The Kier molecular flexibility index (Phi) is 8.97. The Morgan fingerprint density at radius 1 is 1.24 bits per heavy atom. The van der Waals surface area contributed by atoms with E-state index in [-0.39, 0.29) is 24.4 Å². The van der Waals surface area contributed by atoms with E-state index in [0.29, 0.717) is 45.2 Å². The number of hydrogen-bond acceptors (Lipinski definition) is 8. The molecule has 10 nitrogen and oxygen atoms in total. The Labute approximate surface area is 188 Å². The van der Waals surface area contributed by atoms with E-state index in [2.05, 4.69) is 9.97 Å². The second-order valence-corrected chi connectivity index (χ2v) is 7.68. The number of carboxylic acids is 1. The lowest BCUT2D eigenvalue weighted by atomic mass is 9.75. The lowest BCUT2D eigenvalue weighted by molar-refractivity contribution is -0.192. The van der Waals surface area contributed by atoms with Crippen LogP contribution in [0.3, 0.4) is 0 Å². The first-order valence-corrected chi connectivity index (χ1v) is 10.3. The molecule has 1 aromatic rings. The van der Waals surface area contributed by atoms with Crippen LogP contribution in [0.4, 0.5) is 19.1 Å². The van der Waals surface area contributed by atoms with Crippen LogP contribution in [-0.2, 0) is 23.9 Å². The molecule has 0 unspecified atom stereocenters. The molecule has 13 heteroatoms. The number of anilines is 1. The number of nitrogens with zero attached hydrogens (tertiary/aromatic N) is 4. The summed E-state index contributed by atoms with van der Waals surface area (Å²) in [5, 5.41) is 7.12. The predicted molar refractivity (Wildman–Crippen MR) is 108 cm³/mol. The van der Waals surface area contributed by atoms with Gasteiger partial charge in [-0.1, -0.05) is 0 Å². The predicted octanol–water partition coefficient (Wildman–Crippen LogP) is 1.36. The zero-order chi connectivity index (χ0) is 24.6. The first-order valence-electron chi connectivity index (χ1n) is 10.3. The standard InChI is InChI=1S/C18H26N4O4.C2HF3O2/c1-3-26-16(24)18-6-4-9-21(15(23)12-25-2)10-14(18)11-22(13-18)17-19-7-5-8-20-17;3-2(4,5)1(6)7/h5,7-8,14H,3-4,6,9-13H2,1-2H3;(H,6,7)/t14-,18-;/m0./s1. The molecule has 2 saturated heterocycles. The second kappa shape index (κ2) is 11.3. The second-order valence-electron chi connectivity index (χ2n) is 7.68. The number of likely N-dealkylation sites (tertiary alicyclic amines) is 1. The molecule has 1 aromatic heterocycles. The minimum absolute atomic E-state index is 0.0198. The van der Waals surface area contributed by atoms with E-state index in [0.717, 1.165) is 6.42 Å². The first-order chi connectivity index (χ1) is 15.5. The number of carbonyl (C=O) groups is 3. The smallest absolute Gasteiger partial charge is 0.475 e. The highest BCUT2D eigenvalue weighted by molar-refractivity contribution is 5.81. The summed E-state index contributed by atoms with van der Waals surface area (Å²) in [6.07, 6.45) is -0.241. The summed E-state index contributed by atoms with van der Waals surface area (Å²) in [5.74, 6) is -2.38. The van der Waals surface area contributed by atoms with Crippen LogP contribution in [0.25, 0.3) is 0 Å². The van der Waals surface area contributed by atoms with Gasteiger partial charge >= 0.3 is 18.1 Å². The van der Waals surface area contributed by atoms with E-state index in [1.807, 2.05) is 16.7 Å². The van der Waals surface area contributed by atoms with Gasteiger partial charge in [-0.25, -0.2) is 14.8 Å². The van der Waals surface area contributed by atoms with Crippen molar-refractivity contribution in [2.24, 2.45) is 11.3 Å². The van der Waals surface area contributed by atoms with Gasteiger partial charge in [0.25, 0.3) is 0 Å². The zero-order valence-electron chi connectivity index (χ0n) is 18.4. The molecular formula is C20H27F3N4O6. The fraction of sp³-hybridized carbons (Fsp3) is 0.650. The molecule has 2 fully saturated rings. The van der Waals surface area contributed by atoms with Gasteiger partial charge in [0.2, 0.25) is 11.9 Å². The maximum absolute atomic E-state index is 12.9.